The second kappa shape index (κ2) is 8.11. The minimum absolute atomic E-state index is 0.0437. The molecule has 5 rings (SSSR count). The van der Waals surface area contributed by atoms with Crippen LogP contribution in [0.2, 0.25) is 5.02 Å². The third-order valence-electron chi connectivity index (χ3n) is 6.12. The number of nitrogens with zero attached hydrogens (tertiary/aromatic N) is 2. The van der Waals surface area contributed by atoms with Gasteiger partial charge in [0.1, 0.15) is 11.8 Å². The number of thioether (sulfide) groups is 1. The molecule has 3 aliphatic heterocycles. The Bertz CT molecular complexity index is 1120. The molecule has 1 N–H and O–H groups in total. The van der Waals surface area contributed by atoms with Crippen molar-refractivity contribution in [3.05, 3.63) is 49.4 Å². The van der Waals surface area contributed by atoms with Gasteiger partial charge in [-0.2, -0.15) is 0 Å². The molecule has 7 nitrogen and oxygen atoms in total. The predicted octanol–water partition coefficient (Wildman–Crippen LogP) is 2.45. The van der Waals surface area contributed by atoms with Gasteiger partial charge in [0, 0.05) is 28.9 Å². The molecular weight excluding hydrogens is 458 g/mol. The molecule has 0 saturated carbocycles. The van der Waals surface area contributed by atoms with E-state index in [2.05, 4.69) is 5.32 Å². The maximum Gasteiger partial charge on any atom is 0.308 e. The number of likely N-dealkylation sites (tertiary alicyclic amines) is 1. The Morgan fingerprint density at radius 2 is 1.77 bits per heavy atom. The smallest absolute Gasteiger partial charge is 0.308 e. The summed E-state index contributed by atoms with van der Waals surface area (Å²) in [7, 11) is 0. The molecule has 0 bridgehead atoms. The average molecular weight is 478 g/mol. The second-order valence-electron chi connectivity index (χ2n) is 8.01. The van der Waals surface area contributed by atoms with Crippen LogP contribution in [-0.2, 0) is 20.9 Å². The highest BCUT2D eigenvalue weighted by Gasteiger charge is 2.52. The lowest BCUT2D eigenvalue weighted by molar-refractivity contribution is -0.133. The minimum Gasteiger partial charge on any atom is -0.341 e. The molecule has 2 saturated heterocycles. The van der Waals surface area contributed by atoms with Crippen LogP contribution in [-0.4, -0.2) is 45.5 Å². The van der Waals surface area contributed by atoms with Crippen LogP contribution in [0.3, 0.4) is 0 Å². The minimum atomic E-state index is -0.633. The molecule has 1 aromatic heterocycles. The van der Waals surface area contributed by atoms with E-state index >= 15 is 0 Å². The van der Waals surface area contributed by atoms with Gasteiger partial charge in [-0.1, -0.05) is 46.8 Å². The third-order valence-corrected chi connectivity index (χ3v) is 8.99. The third kappa shape index (κ3) is 3.62. The van der Waals surface area contributed by atoms with Gasteiger partial charge in [-0.05, 0) is 37.0 Å². The zero-order valence-electron chi connectivity index (χ0n) is 16.5. The summed E-state index contributed by atoms with van der Waals surface area (Å²) in [6.07, 6.45) is 3.06. The molecule has 2 aromatic rings. The number of rotatable bonds is 3. The molecular formula is C21H20ClN3O4S2. The number of aromatic nitrogens is 1. The fourth-order valence-electron chi connectivity index (χ4n) is 4.58. The van der Waals surface area contributed by atoms with Crippen LogP contribution in [0, 0.1) is 5.92 Å². The average Bonchev–Trinajstić information content (AvgIpc) is 3.23. The fourth-order valence-corrected chi connectivity index (χ4v) is 7.45. The van der Waals surface area contributed by atoms with Gasteiger partial charge in [0.2, 0.25) is 17.7 Å². The van der Waals surface area contributed by atoms with E-state index in [1.54, 1.807) is 17.0 Å². The number of imide groups is 1. The van der Waals surface area contributed by atoms with Crippen molar-refractivity contribution in [1.29, 1.82) is 0 Å². The SMILES string of the molecule is O=C1NC(=O)C2C1Sc1c(sc(=O)n1CC(=O)N1CCCCC1)C2c1ccc(Cl)cc1. The van der Waals surface area contributed by atoms with Crippen molar-refractivity contribution in [2.24, 2.45) is 5.92 Å². The van der Waals surface area contributed by atoms with E-state index in [-0.39, 0.29) is 29.1 Å². The van der Waals surface area contributed by atoms with Crippen LogP contribution in [0.25, 0.3) is 0 Å². The molecule has 3 unspecified atom stereocenters. The molecule has 31 heavy (non-hydrogen) atoms. The first-order chi connectivity index (χ1) is 14.9. The molecule has 2 fully saturated rings. The quantitative estimate of drug-likeness (QED) is 0.686. The number of hydrogen-bond donors (Lipinski definition) is 1. The number of nitrogens with one attached hydrogen (secondary N) is 1. The molecule has 10 heteroatoms. The molecule has 3 atom stereocenters. The van der Waals surface area contributed by atoms with Gasteiger partial charge >= 0.3 is 4.87 Å². The second-order valence-corrected chi connectivity index (χ2v) is 10.6. The Kier molecular flexibility index (Phi) is 5.44. The van der Waals surface area contributed by atoms with E-state index in [0.717, 1.165) is 41.0 Å². The van der Waals surface area contributed by atoms with E-state index < -0.39 is 17.1 Å². The van der Waals surface area contributed by atoms with Crippen molar-refractivity contribution in [2.75, 3.05) is 13.1 Å². The molecule has 162 valence electrons. The standard InChI is InChI=1S/C21H20ClN3O4S2/c22-12-6-4-11(5-7-12)14-15-16(19(28)23-18(15)27)30-20-17(14)31-21(29)25(20)10-13(26)24-8-2-1-3-9-24/h4-7,14-16H,1-3,8-10H2,(H,23,27,28). The number of amides is 3. The number of carbonyl (C=O) groups excluding carboxylic acids is 3. The van der Waals surface area contributed by atoms with Gasteiger partial charge in [0.25, 0.3) is 0 Å². The zero-order valence-corrected chi connectivity index (χ0v) is 18.9. The van der Waals surface area contributed by atoms with Gasteiger partial charge in [0.15, 0.2) is 0 Å². The van der Waals surface area contributed by atoms with Crippen LogP contribution in [0.1, 0.15) is 35.6 Å². The number of thiazole rings is 1. The fraction of sp³-hybridized carbons (Fsp3) is 0.429. The summed E-state index contributed by atoms with van der Waals surface area (Å²) in [6.45, 7) is 1.38. The first-order valence-electron chi connectivity index (χ1n) is 10.2. The van der Waals surface area contributed by atoms with Crippen molar-refractivity contribution in [2.45, 2.75) is 42.0 Å². The van der Waals surface area contributed by atoms with Crippen molar-refractivity contribution < 1.29 is 14.4 Å². The van der Waals surface area contributed by atoms with Crippen LogP contribution in [0.15, 0.2) is 34.1 Å². The molecule has 3 amide bonds. The normalized spacial score (nSPS) is 25.2. The Morgan fingerprint density at radius 3 is 2.48 bits per heavy atom. The first kappa shape index (κ1) is 20.8. The van der Waals surface area contributed by atoms with E-state index in [4.69, 9.17) is 11.6 Å². The van der Waals surface area contributed by atoms with Crippen LogP contribution >= 0.6 is 34.7 Å². The maximum absolute atomic E-state index is 12.9. The van der Waals surface area contributed by atoms with Crippen molar-refractivity contribution in [1.82, 2.24) is 14.8 Å². The van der Waals surface area contributed by atoms with Crippen molar-refractivity contribution in [3.63, 3.8) is 0 Å². The lowest BCUT2D eigenvalue weighted by atomic mass is 9.83. The van der Waals surface area contributed by atoms with E-state index in [1.165, 1.54) is 16.3 Å². The Morgan fingerprint density at radius 1 is 1.06 bits per heavy atom. The van der Waals surface area contributed by atoms with E-state index in [0.29, 0.717) is 23.1 Å². The monoisotopic (exact) mass is 477 g/mol. The van der Waals surface area contributed by atoms with Crippen LogP contribution < -0.4 is 10.2 Å². The van der Waals surface area contributed by atoms with Crippen molar-refractivity contribution in [3.8, 4) is 0 Å². The summed E-state index contributed by atoms with van der Waals surface area (Å²) < 4.78 is 1.48. The maximum atomic E-state index is 12.9. The number of benzene rings is 1. The highest BCUT2D eigenvalue weighted by molar-refractivity contribution is 8.00. The highest BCUT2D eigenvalue weighted by atomic mass is 35.5. The largest absolute Gasteiger partial charge is 0.341 e. The molecule has 4 heterocycles. The lowest BCUT2D eigenvalue weighted by Gasteiger charge is -2.31. The zero-order chi connectivity index (χ0) is 21.7. The number of hydrogen-bond acceptors (Lipinski definition) is 6. The van der Waals surface area contributed by atoms with Crippen LogP contribution in [0.5, 0.6) is 0 Å². The Hall–Kier alpha value is -2.10. The van der Waals surface area contributed by atoms with E-state index in [1.807, 2.05) is 12.1 Å². The van der Waals surface area contributed by atoms with Crippen LogP contribution in [0.4, 0.5) is 0 Å². The van der Waals surface area contributed by atoms with Gasteiger partial charge in [-0.25, -0.2) is 0 Å². The predicted molar refractivity (Wildman–Crippen MR) is 119 cm³/mol. The van der Waals surface area contributed by atoms with Gasteiger partial charge in [-0.3, -0.25) is 29.1 Å². The molecule has 0 aliphatic carbocycles. The van der Waals surface area contributed by atoms with Crippen molar-refractivity contribution >= 4 is 52.4 Å². The first-order valence-corrected chi connectivity index (χ1v) is 12.3. The number of piperidine rings is 1. The molecule has 0 spiro atoms. The lowest BCUT2D eigenvalue weighted by Crippen LogP contribution is -2.39. The number of carbonyl (C=O) groups is 3. The van der Waals surface area contributed by atoms with Gasteiger partial charge in [-0.15, -0.1) is 0 Å². The summed E-state index contributed by atoms with van der Waals surface area (Å²) in [5.74, 6) is -1.80. The number of fused-ring (bicyclic) bond motifs is 2. The Balaban J connectivity index is 1.56. The summed E-state index contributed by atoms with van der Waals surface area (Å²) in [4.78, 5) is 53.2. The summed E-state index contributed by atoms with van der Waals surface area (Å²) in [6, 6.07) is 7.13. The summed E-state index contributed by atoms with van der Waals surface area (Å²) >= 11 is 8.32. The molecule has 3 aliphatic rings. The summed E-state index contributed by atoms with van der Waals surface area (Å²) in [5.41, 5.74) is 0.821. The highest BCUT2D eigenvalue weighted by Crippen LogP contribution is 2.51. The topological polar surface area (TPSA) is 88.5 Å². The van der Waals surface area contributed by atoms with Gasteiger partial charge in [0.05, 0.1) is 10.9 Å². The van der Waals surface area contributed by atoms with E-state index in [9.17, 15) is 19.2 Å². The number of halogens is 1. The Labute approximate surface area is 191 Å². The summed E-state index contributed by atoms with van der Waals surface area (Å²) in [5, 5.41) is 2.99. The molecule has 0 radical (unpaired) electrons. The van der Waals surface area contributed by atoms with Gasteiger partial charge < -0.3 is 4.90 Å². The molecule has 1 aromatic carbocycles.